The molecule has 4 heteroatoms. The first kappa shape index (κ1) is 14.6. The maximum atomic E-state index is 12.5. The molecule has 0 spiro atoms. The summed E-state index contributed by atoms with van der Waals surface area (Å²) in [6.45, 7) is 2.53. The fraction of sp³-hybridized carbons (Fsp3) is 0.429. The van der Waals surface area contributed by atoms with E-state index in [9.17, 15) is 13.2 Å². The Morgan fingerprint density at radius 1 is 1.39 bits per heavy atom. The van der Waals surface area contributed by atoms with Gasteiger partial charge >= 0.3 is 6.18 Å². The molecule has 0 amide bonds. The Balaban J connectivity index is 2.63. The van der Waals surface area contributed by atoms with Gasteiger partial charge in [0.15, 0.2) is 0 Å². The summed E-state index contributed by atoms with van der Waals surface area (Å²) in [6, 6.07) is 5.25. The van der Waals surface area contributed by atoms with E-state index in [1.807, 2.05) is 6.92 Å². The Kier molecular flexibility index (Phi) is 5.24. The van der Waals surface area contributed by atoms with Gasteiger partial charge in [-0.25, -0.2) is 0 Å². The highest BCUT2D eigenvalue weighted by molar-refractivity contribution is 5.27. The van der Waals surface area contributed by atoms with Crippen LogP contribution in [0.1, 0.15) is 36.9 Å². The van der Waals surface area contributed by atoms with Crippen LogP contribution in [0.15, 0.2) is 24.3 Å². The van der Waals surface area contributed by atoms with Crippen molar-refractivity contribution in [3.63, 3.8) is 0 Å². The Labute approximate surface area is 105 Å². The van der Waals surface area contributed by atoms with Gasteiger partial charge in [0, 0.05) is 12.5 Å². The van der Waals surface area contributed by atoms with E-state index in [1.165, 1.54) is 12.1 Å². The number of rotatable bonds is 5. The van der Waals surface area contributed by atoms with E-state index >= 15 is 0 Å². The van der Waals surface area contributed by atoms with Crippen molar-refractivity contribution in [1.29, 1.82) is 0 Å². The third-order valence-electron chi connectivity index (χ3n) is 2.66. The number of benzene rings is 1. The zero-order valence-corrected chi connectivity index (χ0v) is 10.2. The Morgan fingerprint density at radius 2 is 2.11 bits per heavy atom. The molecular formula is C14H16F3N. The van der Waals surface area contributed by atoms with Gasteiger partial charge < -0.3 is 5.32 Å². The molecule has 1 unspecified atom stereocenters. The number of hydrogen-bond acceptors (Lipinski definition) is 1. The monoisotopic (exact) mass is 255 g/mol. The molecule has 0 aromatic heterocycles. The van der Waals surface area contributed by atoms with E-state index in [1.54, 1.807) is 6.07 Å². The molecule has 0 aliphatic rings. The predicted octanol–water partition coefficient (Wildman–Crippen LogP) is 3.77. The number of alkyl halides is 3. The van der Waals surface area contributed by atoms with Gasteiger partial charge in [-0.05, 0) is 37.6 Å². The summed E-state index contributed by atoms with van der Waals surface area (Å²) in [5.74, 6) is 2.52. The average Bonchev–Trinajstić information content (AvgIpc) is 2.33. The third-order valence-corrected chi connectivity index (χ3v) is 2.66. The van der Waals surface area contributed by atoms with E-state index in [4.69, 9.17) is 6.42 Å². The van der Waals surface area contributed by atoms with Crippen molar-refractivity contribution in [2.75, 3.05) is 6.54 Å². The van der Waals surface area contributed by atoms with Gasteiger partial charge in [0.1, 0.15) is 0 Å². The molecule has 0 heterocycles. The topological polar surface area (TPSA) is 12.0 Å². The molecule has 1 nitrogen and oxygen atoms in total. The zero-order chi connectivity index (χ0) is 13.6. The van der Waals surface area contributed by atoms with Gasteiger partial charge in [0.2, 0.25) is 0 Å². The number of terminal acetylenes is 1. The molecule has 1 rings (SSSR count). The number of nitrogens with one attached hydrogen (secondary N) is 1. The summed E-state index contributed by atoms with van der Waals surface area (Å²) in [7, 11) is 0. The fourth-order valence-electron chi connectivity index (χ4n) is 1.61. The molecule has 18 heavy (non-hydrogen) atoms. The summed E-state index contributed by atoms with van der Waals surface area (Å²) in [4.78, 5) is 0. The van der Waals surface area contributed by atoms with Crippen molar-refractivity contribution in [3.05, 3.63) is 35.4 Å². The number of unbranched alkanes of at least 4 members (excludes halogenated alkanes) is 1. The van der Waals surface area contributed by atoms with Crippen LogP contribution in [0.5, 0.6) is 0 Å². The van der Waals surface area contributed by atoms with Crippen LogP contribution in [0.2, 0.25) is 0 Å². The van der Waals surface area contributed by atoms with E-state index in [-0.39, 0.29) is 6.04 Å². The van der Waals surface area contributed by atoms with Gasteiger partial charge in [-0.3, -0.25) is 0 Å². The van der Waals surface area contributed by atoms with Crippen LogP contribution in [-0.2, 0) is 6.18 Å². The molecule has 0 fully saturated rings. The summed E-state index contributed by atoms with van der Waals surface area (Å²) >= 11 is 0. The average molecular weight is 255 g/mol. The lowest BCUT2D eigenvalue weighted by Gasteiger charge is -2.15. The Bertz CT molecular complexity index is 418. The maximum Gasteiger partial charge on any atom is 0.416 e. The van der Waals surface area contributed by atoms with Crippen LogP contribution in [-0.4, -0.2) is 6.54 Å². The standard InChI is InChI=1S/C14H16F3N/c1-3-4-5-9-18-11(2)12-7-6-8-13(10-12)14(15,16)17/h1,6-8,10-11,18H,4-5,9H2,2H3. The van der Waals surface area contributed by atoms with E-state index < -0.39 is 11.7 Å². The number of hydrogen-bond donors (Lipinski definition) is 1. The summed E-state index contributed by atoms with van der Waals surface area (Å²) in [5.41, 5.74) is 0.0165. The molecular weight excluding hydrogens is 239 g/mol. The maximum absolute atomic E-state index is 12.5. The predicted molar refractivity (Wildman–Crippen MR) is 65.9 cm³/mol. The van der Waals surface area contributed by atoms with E-state index in [0.717, 1.165) is 12.5 Å². The van der Waals surface area contributed by atoms with Crippen LogP contribution >= 0.6 is 0 Å². The van der Waals surface area contributed by atoms with Crippen molar-refractivity contribution in [2.45, 2.75) is 32.0 Å². The van der Waals surface area contributed by atoms with Crippen LogP contribution in [0.25, 0.3) is 0 Å². The first-order valence-electron chi connectivity index (χ1n) is 5.79. The molecule has 0 saturated carbocycles. The van der Waals surface area contributed by atoms with Crippen molar-refractivity contribution >= 4 is 0 Å². The van der Waals surface area contributed by atoms with Gasteiger partial charge in [0.05, 0.1) is 5.56 Å². The third kappa shape index (κ3) is 4.42. The second-order valence-corrected chi connectivity index (χ2v) is 4.11. The molecule has 1 aromatic rings. The molecule has 0 aliphatic heterocycles. The second kappa shape index (κ2) is 6.46. The number of halogens is 3. The SMILES string of the molecule is C#CCCCNC(C)c1cccc(C(F)(F)F)c1. The van der Waals surface area contributed by atoms with E-state index in [0.29, 0.717) is 18.5 Å². The largest absolute Gasteiger partial charge is 0.416 e. The first-order chi connectivity index (χ1) is 8.45. The van der Waals surface area contributed by atoms with Gasteiger partial charge in [-0.2, -0.15) is 13.2 Å². The quantitative estimate of drug-likeness (QED) is 0.624. The van der Waals surface area contributed by atoms with Gasteiger partial charge in [-0.15, -0.1) is 12.3 Å². The summed E-state index contributed by atoms with van der Waals surface area (Å²) < 4.78 is 37.6. The lowest BCUT2D eigenvalue weighted by Crippen LogP contribution is -2.20. The van der Waals surface area contributed by atoms with Crippen molar-refractivity contribution < 1.29 is 13.2 Å². The first-order valence-corrected chi connectivity index (χ1v) is 5.79. The Hall–Kier alpha value is -1.47. The van der Waals surface area contributed by atoms with Gasteiger partial charge in [0.25, 0.3) is 0 Å². The minimum absolute atomic E-state index is 0.120. The zero-order valence-electron chi connectivity index (χ0n) is 10.2. The smallest absolute Gasteiger partial charge is 0.310 e. The highest BCUT2D eigenvalue weighted by Gasteiger charge is 2.30. The molecule has 1 N–H and O–H groups in total. The molecule has 1 aromatic carbocycles. The van der Waals surface area contributed by atoms with E-state index in [2.05, 4.69) is 11.2 Å². The highest BCUT2D eigenvalue weighted by atomic mass is 19.4. The fourth-order valence-corrected chi connectivity index (χ4v) is 1.61. The molecule has 98 valence electrons. The lowest BCUT2D eigenvalue weighted by molar-refractivity contribution is -0.137. The Morgan fingerprint density at radius 3 is 2.72 bits per heavy atom. The van der Waals surface area contributed by atoms with Crippen molar-refractivity contribution in [2.24, 2.45) is 0 Å². The summed E-state index contributed by atoms with van der Waals surface area (Å²) in [5, 5.41) is 3.15. The van der Waals surface area contributed by atoms with Crippen LogP contribution in [0.4, 0.5) is 13.2 Å². The molecule has 0 aliphatic carbocycles. The van der Waals surface area contributed by atoms with Crippen molar-refractivity contribution in [3.8, 4) is 12.3 Å². The van der Waals surface area contributed by atoms with Crippen LogP contribution < -0.4 is 5.32 Å². The molecule has 1 atom stereocenters. The highest BCUT2D eigenvalue weighted by Crippen LogP contribution is 2.30. The van der Waals surface area contributed by atoms with Gasteiger partial charge in [-0.1, -0.05) is 12.1 Å². The molecule has 0 radical (unpaired) electrons. The van der Waals surface area contributed by atoms with Crippen LogP contribution in [0.3, 0.4) is 0 Å². The lowest BCUT2D eigenvalue weighted by atomic mass is 10.0. The molecule has 0 saturated heterocycles. The minimum Gasteiger partial charge on any atom is -0.310 e. The van der Waals surface area contributed by atoms with Crippen molar-refractivity contribution in [1.82, 2.24) is 5.32 Å². The second-order valence-electron chi connectivity index (χ2n) is 4.11. The minimum atomic E-state index is -4.29. The summed E-state index contributed by atoms with van der Waals surface area (Å²) in [6.07, 6.45) is 2.32. The van der Waals surface area contributed by atoms with Crippen LogP contribution in [0, 0.1) is 12.3 Å². The normalized spacial score (nSPS) is 13.1. The molecule has 0 bridgehead atoms.